The first-order chi connectivity index (χ1) is 14.3. The Morgan fingerprint density at radius 1 is 0.935 bits per heavy atom. The van der Waals surface area contributed by atoms with Crippen LogP contribution in [0.5, 0.6) is 0 Å². The molecule has 5 unspecified atom stereocenters. The Bertz CT molecular complexity index is 660. The second kappa shape index (κ2) is 13.9. The van der Waals surface area contributed by atoms with Crippen LogP contribution >= 0.6 is 12.6 Å². The monoisotopic (exact) mass is 461 g/mol. The molecular weight excluding hydrogens is 426 g/mol. The van der Waals surface area contributed by atoms with Gasteiger partial charge in [0, 0.05) is 12.2 Å². The molecule has 0 aromatic carbocycles. The second-order valence-corrected chi connectivity index (χ2v) is 8.16. The molecule has 0 saturated carbocycles. The first kappa shape index (κ1) is 28.7. The van der Waals surface area contributed by atoms with Crippen LogP contribution in [0.2, 0.25) is 0 Å². The quantitative estimate of drug-likeness (QED) is 0.157. The van der Waals surface area contributed by atoms with Gasteiger partial charge in [0.15, 0.2) is 0 Å². The molecule has 0 fully saturated rings. The van der Waals surface area contributed by atoms with E-state index in [2.05, 4.69) is 28.6 Å². The summed E-state index contributed by atoms with van der Waals surface area (Å²) in [6, 6.07) is -4.24. The van der Waals surface area contributed by atoms with Crippen molar-refractivity contribution in [2.24, 2.45) is 23.3 Å². The zero-order valence-corrected chi connectivity index (χ0v) is 19.3. The largest absolute Gasteiger partial charge is 0.480 e. The van der Waals surface area contributed by atoms with Crippen LogP contribution in [0.3, 0.4) is 0 Å². The minimum absolute atomic E-state index is 0.0968. The first-order valence-electron chi connectivity index (χ1n) is 10.1. The average molecular weight is 462 g/mol. The lowest BCUT2D eigenvalue weighted by molar-refractivity contribution is -0.143. The lowest BCUT2D eigenvalue weighted by Crippen LogP contribution is -2.60. The van der Waals surface area contributed by atoms with Gasteiger partial charge < -0.3 is 32.5 Å². The van der Waals surface area contributed by atoms with Crippen molar-refractivity contribution in [3.63, 3.8) is 0 Å². The highest BCUT2D eigenvalue weighted by Crippen LogP contribution is 2.11. The minimum Gasteiger partial charge on any atom is -0.480 e. The highest BCUT2D eigenvalue weighted by atomic mass is 32.1. The molecule has 0 rings (SSSR count). The third-order valence-electron chi connectivity index (χ3n) is 4.87. The van der Waals surface area contributed by atoms with Crippen LogP contribution in [0.25, 0.3) is 0 Å². The fourth-order valence-corrected chi connectivity index (χ4v) is 2.79. The predicted molar refractivity (Wildman–Crippen MR) is 118 cm³/mol. The third kappa shape index (κ3) is 10.0. The van der Waals surface area contributed by atoms with Gasteiger partial charge in [-0.1, -0.05) is 34.1 Å². The molecule has 5 atom stereocenters. The molecule has 178 valence electrons. The number of hydrogen-bond acceptors (Lipinski definition) is 7. The van der Waals surface area contributed by atoms with E-state index in [0.29, 0.717) is 6.42 Å². The molecule has 12 heteroatoms. The number of carbonyl (C=O) groups is 5. The number of aliphatic carboxylic acids is 1. The highest BCUT2D eigenvalue weighted by molar-refractivity contribution is 7.80. The highest BCUT2D eigenvalue weighted by Gasteiger charge is 2.33. The summed E-state index contributed by atoms with van der Waals surface area (Å²) in [6.45, 7) is 6.97. The fraction of sp³-hybridized carbons (Fsp3) is 0.737. The van der Waals surface area contributed by atoms with Crippen LogP contribution in [0.4, 0.5) is 0 Å². The Morgan fingerprint density at radius 2 is 1.45 bits per heavy atom. The van der Waals surface area contributed by atoms with Gasteiger partial charge in [-0.3, -0.25) is 19.2 Å². The number of thiol groups is 1. The fourth-order valence-electron chi connectivity index (χ4n) is 2.63. The summed E-state index contributed by atoms with van der Waals surface area (Å²) in [4.78, 5) is 60.1. The molecule has 0 aliphatic rings. The van der Waals surface area contributed by atoms with Gasteiger partial charge >= 0.3 is 5.97 Å². The Balaban J connectivity index is 5.43. The van der Waals surface area contributed by atoms with E-state index < -0.39 is 53.8 Å². The lowest BCUT2D eigenvalue weighted by atomic mass is 9.96. The van der Waals surface area contributed by atoms with Crippen LogP contribution in [0.1, 0.15) is 47.0 Å². The summed E-state index contributed by atoms with van der Waals surface area (Å²) in [5, 5.41) is 16.8. The Kier molecular flexibility index (Phi) is 12.8. The number of nitrogens with one attached hydrogen (secondary N) is 3. The number of hydrogen-bond donors (Lipinski definition) is 7. The summed E-state index contributed by atoms with van der Waals surface area (Å²) >= 11 is 3.97. The van der Waals surface area contributed by atoms with Gasteiger partial charge in [0.2, 0.25) is 23.6 Å². The minimum atomic E-state index is -1.34. The predicted octanol–water partition coefficient (Wildman–Crippen LogP) is -1.25. The first-order valence-corrected chi connectivity index (χ1v) is 10.8. The zero-order valence-electron chi connectivity index (χ0n) is 18.4. The summed E-state index contributed by atoms with van der Waals surface area (Å²) < 4.78 is 0. The van der Waals surface area contributed by atoms with Crippen molar-refractivity contribution in [2.75, 3.05) is 5.75 Å². The maximum atomic E-state index is 12.9. The van der Waals surface area contributed by atoms with Crippen LogP contribution in [-0.2, 0) is 24.0 Å². The van der Waals surface area contributed by atoms with Crippen LogP contribution < -0.4 is 27.4 Å². The standard InChI is InChI=1S/C19H35N5O6S/c1-5-10(4)15(24-16(26)11(20)8-31)18(28)23-14(9(2)3)17(27)22-12(19(29)30)6-7-13(21)25/h9-12,14-15,31H,5-8,20H2,1-4H3,(H2,21,25)(H,22,27)(H,23,28)(H,24,26)(H,29,30). The van der Waals surface area contributed by atoms with Crippen molar-refractivity contribution < 1.29 is 29.1 Å². The van der Waals surface area contributed by atoms with Gasteiger partial charge in [0.25, 0.3) is 0 Å². The summed E-state index contributed by atoms with van der Waals surface area (Å²) in [5.41, 5.74) is 10.7. The van der Waals surface area contributed by atoms with E-state index in [-0.39, 0.29) is 30.4 Å². The van der Waals surface area contributed by atoms with E-state index in [1.165, 1.54) is 0 Å². The van der Waals surface area contributed by atoms with Gasteiger partial charge in [-0.2, -0.15) is 12.6 Å². The van der Waals surface area contributed by atoms with E-state index in [4.69, 9.17) is 11.5 Å². The molecule has 0 saturated heterocycles. The van der Waals surface area contributed by atoms with Crippen LogP contribution in [-0.4, -0.2) is 64.6 Å². The van der Waals surface area contributed by atoms with Crippen molar-refractivity contribution in [1.82, 2.24) is 16.0 Å². The number of nitrogens with two attached hydrogens (primary N) is 2. The molecule has 0 aromatic rings. The molecule has 8 N–H and O–H groups in total. The second-order valence-electron chi connectivity index (χ2n) is 7.80. The molecule has 0 radical (unpaired) electrons. The smallest absolute Gasteiger partial charge is 0.326 e. The van der Waals surface area contributed by atoms with Crippen molar-refractivity contribution in [3.05, 3.63) is 0 Å². The lowest BCUT2D eigenvalue weighted by Gasteiger charge is -2.29. The maximum absolute atomic E-state index is 12.9. The molecule has 31 heavy (non-hydrogen) atoms. The zero-order chi connectivity index (χ0) is 24.3. The Labute approximate surface area is 187 Å². The number of amides is 4. The van der Waals surface area contributed by atoms with E-state index in [1.807, 2.05) is 6.92 Å². The van der Waals surface area contributed by atoms with Gasteiger partial charge in [0.05, 0.1) is 6.04 Å². The molecule has 0 aliphatic carbocycles. The summed E-state index contributed by atoms with van der Waals surface area (Å²) in [5.74, 6) is -4.42. The van der Waals surface area contributed by atoms with Gasteiger partial charge in [-0.15, -0.1) is 0 Å². The van der Waals surface area contributed by atoms with Crippen LogP contribution in [0.15, 0.2) is 0 Å². The molecule has 4 amide bonds. The molecule has 0 aromatic heterocycles. The molecular formula is C19H35N5O6S. The van der Waals surface area contributed by atoms with E-state index >= 15 is 0 Å². The normalized spacial score (nSPS) is 15.8. The SMILES string of the molecule is CCC(C)C(NC(=O)C(N)CS)C(=O)NC(C(=O)NC(CCC(N)=O)C(=O)O)C(C)C. The Morgan fingerprint density at radius 3 is 1.87 bits per heavy atom. The van der Waals surface area contributed by atoms with E-state index in [0.717, 1.165) is 0 Å². The summed E-state index contributed by atoms with van der Waals surface area (Å²) in [7, 11) is 0. The van der Waals surface area contributed by atoms with E-state index in [1.54, 1.807) is 20.8 Å². The van der Waals surface area contributed by atoms with Crippen molar-refractivity contribution in [2.45, 2.75) is 71.1 Å². The van der Waals surface area contributed by atoms with Crippen LogP contribution in [0, 0.1) is 11.8 Å². The van der Waals surface area contributed by atoms with Crippen molar-refractivity contribution in [1.29, 1.82) is 0 Å². The number of rotatable bonds is 14. The van der Waals surface area contributed by atoms with Gasteiger partial charge in [-0.25, -0.2) is 4.79 Å². The van der Waals surface area contributed by atoms with E-state index in [9.17, 15) is 29.1 Å². The van der Waals surface area contributed by atoms with Gasteiger partial charge in [-0.05, 0) is 18.3 Å². The Hall–Kier alpha value is -2.34. The topological polar surface area (TPSA) is 194 Å². The molecule has 0 spiro atoms. The average Bonchev–Trinajstić information content (AvgIpc) is 2.70. The maximum Gasteiger partial charge on any atom is 0.326 e. The molecule has 0 bridgehead atoms. The number of carbonyl (C=O) groups excluding carboxylic acids is 4. The molecule has 11 nitrogen and oxygen atoms in total. The van der Waals surface area contributed by atoms with Crippen molar-refractivity contribution >= 4 is 42.2 Å². The number of primary amides is 1. The third-order valence-corrected chi connectivity index (χ3v) is 5.26. The van der Waals surface area contributed by atoms with Gasteiger partial charge in [0.1, 0.15) is 18.1 Å². The molecule has 0 aliphatic heterocycles. The van der Waals surface area contributed by atoms with Crippen molar-refractivity contribution in [3.8, 4) is 0 Å². The number of carboxylic acids is 1. The summed E-state index contributed by atoms with van der Waals surface area (Å²) in [6.07, 6.45) is 0.174. The number of carboxylic acid groups (broad SMARTS) is 1. The molecule has 0 heterocycles.